The Morgan fingerprint density at radius 3 is 2.29 bits per heavy atom. The third kappa shape index (κ3) is 5.14. The van der Waals surface area contributed by atoms with Crippen molar-refractivity contribution in [2.45, 2.75) is 6.92 Å². The summed E-state index contributed by atoms with van der Waals surface area (Å²) in [4.78, 5) is 44.2. The number of para-hydroxylation sites is 2. The number of nitrogens with one attached hydrogen (secondary N) is 1. The van der Waals surface area contributed by atoms with E-state index in [1.807, 2.05) is 0 Å². The van der Waals surface area contributed by atoms with Gasteiger partial charge < -0.3 is 14.8 Å². The molecule has 0 saturated heterocycles. The second-order valence-corrected chi connectivity index (χ2v) is 7.60. The SMILES string of the molecule is CC(=O)OCC(=O)c1cccc(C(=O)/C(=C(/O)c2cc(F)cc(F)c2)c2nc3ccccc3[nH]2)c1. The maximum absolute atomic E-state index is 13.9. The van der Waals surface area contributed by atoms with Crippen molar-refractivity contribution in [3.63, 3.8) is 0 Å². The second kappa shape index (κ2) is 9.68. The number of hydrogen-bond donors (Lipinski definition) is 2. The number of carbonyl (C=O) groups is 3. The summed E-state index contributed by atoms with van der Waals surface area (Å²) in [6.07, 6.45) is 0. The zero-order valence-corrected chi connectivity index (χ0v) is 18.3. The number of aliphatic hydroxyl groups excluding tert-OH is 1. The largest absolute Gasteiger partial charge is 0.506 e. The van der Waals surface area contributed by atoms with Crippen molar-refractivity contribution in [1.29, 1.82) is 0 Å². The van der Waals surface area contributed by atoms with Crippen LogP contribution in [0.2, 0.25) is 0 Å². The van der Waals surface area contributed by atoms with Gasteiger partial charge in [-0.05, 0) is 30.3 Å². The quantitative estimate of drug-likeness (QED) is 0.170. The molecule has 4 aromatic rings. The molecule has 9 heteroatoms. The number of carbonyl (C=O) groups excluding carboxylic acids is 3. The number of fused-ring (bicyclic) bond motifs is 1. The Morgan fingerprint density at radius 2 is 1.60 bits per heavy atom. The number of hydrogen-bond acceptors (Lipinski definition) is 6. The number of esters is 1. The molecule has 35 heavy (non-hydrogen) atoms. The van der Waals surface area contributed by atoms with E-state index in [-0.39, 0.29) is 28.1 Å². The van der Waals surface area contributed by atoms with Gasteiger partial charge in [-0.25, -0.2) is 13.8 Å². The summed E-state index contributed by atoms with van der Waals surface area (Å²) in [5.41, 5.74) is 0.534. The Balaban J connectivity index is 1.84. The molecule has 1 heterocycles. The molecule has 0 fully saturated rings. The van der Waals surface area contributed by atoms with Crippen LogP contribution in [0.5, 0.6) is 0 Å². The number of aromatic amines is 1. The first-order valence-electron chi connectivity index (χ1n) is 10.4. The number of rotatable bonds is 7. The van der Waals surface area contributed by atoms with Crippen LogP contribution in [0, 0.1) is 11.6 Å². The zero-order valence-electron chi connectivity index (χ0n) is 18.3. The number of ketones is 2. The number of benzene rings is 3. The fourth-order valence-electron chi connectivity index (χ4n) is 3.46. The van der Waals surface area contributed by atoms with Crippen LogP contribution in [0.15, 0.2) is 66.7 Å². The number of H-pyrrole nitrogens is 1. The molecule has 176 valence electrons. The average Bonchev–Trinajstić information content (AvgIpc) is 3.25. The van der Waals surface area contributed by atoms with E-state index in [4.69, 9.17) is 4.74 Å². The van der Waals surface area contributed by atoms with Crippen molar-refractivity contribution < 1.29 is 33.0 Å². The normalized spacial score (nSPS) is 11.7. The zero-order chi connectivity index (χ0) is 25.1. The molecule has 0 aliphatic heterocycles. The molecular weight excluding hydrogens is 458 g/mol. The van der Waals surface area contributed by atoms with E-state index in [2.05, 4.69) is 9.97 Å². The van der Waals surface area contributed by atoms with Crippen molar-refractivity contribution in [2.24, 2.45) is 0 Å². The molecule has 0 saturated carbocycles. The topological polar surface area (TPSA) is 109 Å². The van der Waals surface area contributed by atoms with Gasteiger partial charge in [-0.1, -0.05) is 30.3 Å². The van der Waals surface area contributed by atoms with Crippen LogP contribution in [-0.2, 0) is 9.53 Å². The first-order chi connectivity index (χ1) is 16.7. The van der Waals surface area contributed by atoms with E-state index in [1.165, 1.54) is 24.3 Å². The molecule has 0 atom stereocenters. The number of imidazole rings is 1. The van der Waals surface area contributed by atoms with Gasteiger partial charge in [0.1, 0.15) is 28.8 Å². The molecule has 1 aromatic heterocycles. The molecule has 7 nitrogen and oxygen atoms in total. The lowest BCUT2D eigenvalue weighted by molar-refractivity contribution is -0.139. The molecule has 0 bridgehead atoms. The summed E-state index contributed by atoms with van der Waals surface area (Å²) in [5.74, 6) is -4.55. The van der Waals surface area contributed by atoms with Crippen molar-refractivity contribution in [2.75, 3.05) is 6.61 Å². The van der Waals surface area contributed by atoms with E-state index in [1.54, 1.807) is 24.3 Å². The Labute approximate surface area is 197 Å². The van der Waals surface area contributed by atoms with E-state index < -0.39 is 41.5 Å². The molecule has 2 N–H and O–H groups in total. The number of halogens is 2. The maximum atomic E-state index is 13.9. The highest BCUT2D eigenvalue weighted by Crippen LogP contribution is 2.29. The Hall–Kier alpha value is -4.66. The van der Waals surface area contributed by atoms with Crippen LogP contribution < -0.4 is 0 Å². The monoisotopic (exact) mass is 476 g/mol. The lowest BCUT2D eigenvalue weighted by Gasteiger charge is -2.10. The van der Waals surface area contributed by atoms with E-state index >= 15 is 0 Å². The Kier molecular flexibility index (Phi) is 6.50. The predicted octanol–water partition coefficient (Wildman–Crippen LogP) is 4.90. The van der Waals surface area contributed by atoms with Crippen LogP contribution in [-0.4, -0.2) is 39.2 Å². The first kappa shape index (κ1) is 23.5. The molecule has 3 aromatic carbocycles. The smallest absolute Gasteiger partial charge is 0.303 e. The summed E-state index contributed by atoms with van der Waals surface area (Å²) in [5, 5.41) is 11.0. The van der Waals surface area contributed by atoms with Gasteiger partial charge in [-0.15, -0.1) is 0 Å². The lowest BCUT2D eigenvalue weighted by Crippen LogP contribution is -2.13. The van der Waals surface area contributed by atoms with Gasteiger partial charge in [-0.3, -0.25) is 14.4 Å². The van der Waals surface area contributed by atoms with Crippen molar-refractivity contribution in [3.8, 4) is 0 Å². The standard InChI is InChI=1S/C26H18F2N2O5/c1-14(31)35-13-22(32)15-5-4-6-16(9-15)24(33)23(25(34)17-10-18(27)12-19(28)11-17)26-29-20-7-2-3-8-21(20)30-26/h2-12,34H,13H2,1H3,(H,29,30)/b25-23-. The molecular formula is C26H18F2N2O5. The highest BCUT2D eigenvalue weighted by Gasteiger charge is 2.25. The van der Waals surface area contributed by atoms with Crippen LogP contribution in [0.3, 0.4) is 0 Å². The average molecular weight is 476 g/mol. The minimum absolute atomic E-state index is 0.00226. The number of nitrogens with zero attached hydrogens (tertiary/aromatic N) is 1. The van der Waals surface area contributed by atoms with Gasteiger partial charge in [0.2, 0.25) is 5.78 Å². The number of allylic oxidation sites excluding steroid dienone is 1. The van der Waals surface area contributed by atoms with E-state index in [0.29, 0.717) is 17.1 Å². The lowest BCUT2D eigenvalue weighted by atomic mass is 9.96. The van der Waals surface area contributed by atoms with Crippen molar-refractivity contribution >= 4 is 39.9 Å². The van der Waals surface area contributed by atoms with Gasteiger partial charge in [0.25, 0.3) is 0 Å². The van der Waals surface area contributed by atoms with Crippen molar-refractivity contribution in [3.05, 3.63) is 101 Å². The molecule has 0 spiro atoms. The second-order valence-electron chi connectivity index (χ2n) is 7.60. The van der Waals surface area contributed by atoms with Crippen LogP contribution in [0.4, 0.5) is 8.78 Å². The molecule has 4 rings (SSSR count). The van der Waals surface area contributed by atoms with Gasteiger partial charge in [-0.2, -0.15) is 0 Å². The van der Waals surface area contributed by atoms with Gasteiger partial charge in [0, 0.05) is 29.7 Å². The van der Waals surface area contributed by atoms with E-state index in [9.17, 15) is 28.3 Å². The predicted molar refractivity (Wildman–Crippen MR) is 124 cm³/mol. The summed E-state index contributed by atoms with van der Waals surface area (Å²) in [7, 11) is 0. The fraction of sp³-hybridized carbons (Fsp3) is 0.0769. The fourth-order valence-corrected chi connectivity index (χ4v) is 3.46. The summed E-state index contributed by atoms with van der Waals surface area (Å²) >= 11 is 0. The van der Waals surface area contributed by atoms with E-state index in [0.717, 1.165) is 19.1 Å². The highest BCUT2D eigenvalue weighted by molar-refractivity contribution is 6.33. The summed E-state index contributed by atoms with van der Waals surface area (Å²) in [6, 6.07) is 14.8. The Morgan fingerprint density at radius 1 is 0.914 bits per heavy atom. The first-order valence-corrected chi connectivity index (χ1v) is 10.4. The molecule has 0 radical (unpaired) electrons. The highest BCUT2D eigenvalue weighted by atomic mass is 19.1. The van der Waals surface area contributed by atoms with Gasteiger partial charge in [0.15, 0.2) is 12.4 Å². The summed E-state index contributed by atoms with van der Waals surface area (Å²) in [6.45, 7) is 0.655. The molecule has 0 unspecified atom stereocenters. The maximum Gasteiger partial charge on any atom is 0.303 e. The third-order valence-corrected chi connectivity index (χ3v) is 5.08. The van der Waals surface area contributed by atoms with Crippen LogP contribution in [0.25, 0.3) is 22.4 Å². The number of aromatic nitrogens is 2. The van der Waals surface area contributed by atoms with Crippen LogP contribution in [0.1, 0.15) is 39.0 Å². The summed E-state index contributed by atoms with van der Waals surface area (Å²) < 4.78 is 32.4. The minimum Gasteiger partial charge on any atom is -0.506 e. The number of Topliss-reactive ketones (excluding diaryl/α,β-unsaturated/α-hetero) is 2. The van der Waals surface area contributed by atoms with Gasteiger partial charge in [0.05, 0.1) is 11.0 Å². The molecule has 0 aliphatic rings. The number of aliphatic hydroxyl groups is 1. The third-order valence-electron chi connectivity index (χ3n) is 5.08. The molecule has 0 aliphatic carbocycles. The van der Waals surface area contributed by atoms with Crippen molar-refractivity contribution in [1.82, 2.24) is 9.97 Å². The van der Waals surface area contributed by atoms with Gasteiger partial charge >= 0.3 is 5.97 Å². The minimum atomic E-state index is -0.943. The van der Waals surface area contributed by atoms with Crippen LogP contribution >= 0.6 is 0 Å². The number of ether oxygens (including phenoxy) is 1. The Bertz CT molecular complexity index is 1450. The molecule has 0 amide bonds.